The molecule has 0 radical (unpaired) electrons. The van der Waals surface area contributed by atoms with Crippen LogP contribution in [0.15, 0.2) is 171 Å². The Balaban J connectivity index is 0.000000116. The van der Waals surface area contributed by atoms with Crippen LogP contribution in [0.3, 0.4) is 0 Å². The Morgan fingerprint density at radius 3 is 1.19 bits per heavy atom. The van der Waals surface area contributed by atoms with Crippen LogP contribution in [-0.2, 0) is 27.3 Å². The third kappa shape index (κ3) is 14.2. The molecule has 6 atom stereocenters. The Kier molecular flexibility index (Phi) is 19.7. The molecule has 0 spiro atoms. The first-order valence-electron chi connectivity index (χ1n) is 38.1. The van der Waals surface area contributed by atoms with Gasteiger partial charge >= 0.3 is 5.97 Å². The molecule has 6 aliphatic carbocycles. The van der Waals surface area contributed by atoms with E-state index in [1.165, 1.54) is 24.6 Å². The molecule has 20 rings (SSSR count). The summed E-state index contributed by atoms with van der Waals surface area (Å²) in [7, 11) is 10.9. The Hall–Kier alpha value is -12.0. The lowest BCUT2D eigenvalue weighted by atomic mass is 9.89. The van der Waals surface area contributed by atoms with Gasteiger partial charge in [0.1, 0.15) is 51.1 Å². The van der Waals surface area contributed by atoms with Crippen LogP contribution in [0.1, 0.15) is 137 Å². The molecule has 0 bridgehead atoms. The zero-order chi connectivity index (χ0) is 76.1. The van der Waals surface area contributed by atoms with Crippen LogP contribution in [0, 0.1) is 0 Å². The number of benzene rings is 2. The number of hydrogen-bond donors (Lipinski definition) is 5. The van der Waals surface area contributed by atoms with Crippen molar-refractivity contribution < 1.29 is 33.7 Å². The van der Waals surface area contributed by atoms with E-state index in [1.54, 1.807) is 53.5 Å². The van der Waals surface area contributed by atoms with E-state index < -0.39 is 5.97 Å². The average Bonchev–Trinajstić information content (AvgIpc) is 1.52. The van der Waals surface area contributed by atoms with E-state index in [0.29, 0.717) is 77.1 Å². The summed E-state index contributed by atoms with van der Waals surface area (Å²) >= 11 is 0. The fourth-order valence-corrected chi connectivity index (χ4v) is 15.2. The molecule has 111 heavy (non-hydrogen) atoms. The van der Waals surface area contributed by atoms with Gasteiger partial charge in [-0.1, -0.05) is 60.7 Å². The van der Waals surface area contributed by atoms with E-state index in [2.05, 4.69) is 126 Å². The molecule has 12 aromatic heterocycles. The quantitative estimate of drug-likeness (QED) is 0.0446. The van der Waals surface area contributed by atoms with Crippen molar-refractivity contribution in [2.24, 2.45) is 5.73 Å². The van der Waals surface area contributed by atoms with Gasteiger partial charge in [0.25, 0.3) is 11.8 Å². The van der Waals surface area contributed by atoms with Crippen molar-refractivity contribution in [2.45, 2.75) is 145 Å². The van der Waals surface area contributed by atoms with Crippen LogP contribution in [-0.4, -0.2) is 174 Å². The Morgan fingerprint density at radius 1 is 0.468 bits per heavy atom. The Labute approximate surface area is 639 Å². The highest BCUT2D eigenvalue weighted by molar-refractivity contribution is 6.03. The molecule has 0 aliphatic heterocycles. The second-order valence-electron chi connectivity index (χ2n) is 29.7. The van der Waals surface area contributed by atoms with Crippen molar-refractivity contribution >= 4 is 85.3 Å². The number of fused-ring (bicyclic) bond motifs is 6. The van der Waals surface area contributed by atoms with Gasteiger partial charge in [-0.25, -0.2) is 34.7 Å². The minimum absolute atomic E-state index is 0.00319. The second kappa shape index (κ2) is 30.5. The maximum Gasteiger partial charge on any atom is 0.341 e. The van der Waals surface area contributed by atoms with Gasteiger partial charge in [-0.2, -0.15) is 28.8 Å². The van der Waals surface area contributed by atoms with Crippen molar-refractivity contribution in [3.8, 4) is 33.8 Å². The topological polar surface area (TPSA) is 312 Å². The van der Waals surface area contributed by atoms with Gasteiger partial charge in [0.15, 0.2) is 16.9 Å². The van der Waals surface area contributed by atoms with Crippen LogP contribution in [0.5, 0.6) is 0 Å². The van der Waals surface area contributed by atoms with E-state index in [9.17, 15) is 19.5 Å². The first-order valence-corrected chi connectivity index (χ1v) is 38.1. The summed E-state index contributed by atoms with van der Waals surface area (Å²) in [5.41, 5.74) is 18.3. The lowest BCUT2D eigenvalue weighted by molar-refractivity contribution is 0.00731. The molecule has 2 unspecified atom stereocenters. The van der Waals surface area contributed by atoms with Crippen LogP contribution in [0.25, 0.3) is 83.8 Å². The first-order chi connectivity index (χ1) is 54.2. The number of methoxy groups -OCH3 is 3. The number of carbonyl (C=O) groups is 3. The molecule has 6 aliphatic rings. The fraction of sp³-hybridized carbons (Fsp3) is 0.349. The summed E-state index contributed by atoms with van der Waals surface area (Å²) in [6.45, 7) is 1.33. The zero-order valence-corrected chi connectivity index (χ0v) is 62.8. The normalized spacial score (nSPS) is 19.1. The van der Waals surface area contributed by atoms with E-state index >= 15 is 0 Å². The molecule has 6 fully saturated rings. The van der Waals surface area contributed by atoms with Crippen LogP contribution < -0.4 is 31.5 Å². The number of hydrogen-bond acceptors (Lipinski definition) is 19. The number of pyridine rings is 3. The third-order valence-electron chi connectivity index (χ3n) is 22.3. The van der Waals surface area contributed by atoms with Crippen molar-refractivity contribution in [2.75, 3.05) is 57.6 Å². The molecule has 568 valence electrons. The van der Waals surface area contributed by atoms with E-state index in [0.717, 1.165) is 148 Å². The molecule has 28 nitrogen and oxygen atoms in total. The van der Waals surface area contributed by atoms with E-state index in [4.69, 9.17) is 39.9 Å². The number of carboxylic acids is 1. The van der Waals surface area contributed by atoms with Crippen molar-refractivity contribution in [3.05, 3.63) is 199 Å². The van der Waals surface area contributed by atoms with Gasteiger partial charge in [0.05, 0.1) is 66.1 Å². The van der Waals surface area contributed by atoms with E-state index in [-0.39, 0.29) is 41.7 Å². The molecule has 6 saturated carbocycles. The van der Waals surface area contributed by atoms with Gasteiger partial charge in [-0.3, -0.25) is 9.59 Å². The second-order valence-corrected chi connectivity index (χ2v) is 29.7. The predicted molar refractivity (Wildman–Crippen MR) is 424 cm³/mol. The molecule has 28 heteroatoms. The number of carboxylic acid groups (broad SMARTS) is 1. The summed E-state index contributed by atoms with van der Waals surface area (Å²) in [6, 6.07) is 40.3. The van der Waals surface area contributed by atoms with Crippen LogP contribution >= 0.6 is 0 Å². The minimum Gasteiger partial charge on any atom is -0.477 e. The first kappa shape index (κ1) is 71.9. The molecular weight excluding hydrogens is 1400 g/mol. The maximum absolute atomic E-state index is 13.4. The monoisotopic (exact) mass is 1490 g/mol. The number of anilines is 3. The van der Waals surface area contributed by atoms with Crippen LogP contribution in [0.4, 0.5) is 17.5 Å². The number of carbonyl (C=O) groups excluding carboxylic acids is 2. The number of aromatic carboxylic acids is 1. The molecule has 14 aromatic rings. The number of nitrogens with zero attached hydrogens (tertiary/aromatic N) is 17. The molecular formula is C83H89N21O7. The summed E-state index contributed by atoms with van der Waals surface area (Å²) in [5, 5.41) is 35.7. The minimum atomic E-state index is -1.05. The molecule has 12 heterocycles. The van der Waals surface area contributed by atoms with Gasteiger partial charge in [0, 0.05) is 168 Å². The highest BCUT2D eigenvalue weighted by Gasteiger charge is 2.37. The summed E-state index contributed by atoms with van der Waals surface area (Å²) < 4.78 is 27.7. The van der Waals surface area contributed by atoms with Gasteiger partial charge < -0.3 is 64.5 Å². The lowest BCUT2D eigenvalue weighted by Gasteiger charge is -2.35. The standard InChI is InChI=1S/C30H31N7O2.C25H22N6O2.C23H25N7O2.C5H11NO/c1-35(17-19-7-4-3-5-8-19)27-15-25(23-18-36(20-10-11-20)28-21(23)9-6-14-31-28)33-29-22(16-32-37(27)29)30(38)34-24-12-13-26(24)39-2;1-29(14-16-6-3-2-4-7-16)22-12-21(28-24-19(25(32)33)13-27-31(22)24)20-15-30(17-9-10-17)23-18(20)8-5-11-26-23;1-24-20-10-18(16-12-29(13-5-6-13)21-14(16)4-3-9-25-21)27-22-15(11-26-30(20)22)23(31)28-17-7-8-19(17)32-2;1-7-5-3-2-4(5)6/h3-9,14-16,18,20,24,26H,10-13,17H2,1-2H3,(H,34,38);2-8,11-13,15,17H,9-10,14H2,1H3,(H,32,33);3-4,9-13,17,19,24H,5-8H2,1-2H3,(H,28,31);4-5H,2-3,6H2,1H3/t24?,26-;;17?,19-;4-,5-/m0.00/s1. The SMILES string of the molecule is CN(Cc1ccccc1)c1cc(-c2cn(C3CC3)c3ncccc23)nc2c(C(=O)O)cnn12.CNc1cc(-c2cn(C3CC3)c3ncccc23)nc2c(C(=O)NC3CC[C@@H]3OC)cnn12.CO[C@H]1CCC1NC(=O)c1cnn2c(N(C)Cc3ccccc3)cc(-c3cn(C4CC4)c4ncccc34)nc12.CO[C@H]1CC[C@@H]1N. The predicted octanol–water partition coefficient (Wildman–Crippen LogP) is 12.2. The van der Waals surface area contributed by atoms with Crippen LogP contribution in [0.2, 0.25) is 0 Å². The summed E-state index contributed by atoms with van der Waals surface area (Å²) in [6.07, 6.45) is 29.9. The van der Waals surface area contributed by atoms with Gasteiger partial charge in [0.2, 0.25) is 0 Å². The van der Waals surface area contributed by atoms with Crippen molar-refractivity contribution in [1.82, 2.24) is 83.1 Å². The van der Waals surface area contributed by atoms with Crippen molar-refractivity contribution in [3.63, 3.8) is 0 Å². The summed E-state index contributed by atoms with van der Waals surface area (Å²) in [4.78, 5) is 71.2. The number of aromatic nitrogens is 15. The lowest BCUT2D eigenvalue weighted by Crippen LogP contribution is -2.51. The highest BCUT2D eigenvalue weighted by Crippen LogP contribution is 2.45. The molecule has 2 aromatic carbocycles. The Morgan fingerprint density at radius 2 is 0.847 bits per heavy atom. The smallest absolute Gasteiger partial charge is 0.341 e. The van der Waals surface area contributed by atoms with Gasteiger partial charge in [-0.15, -0.1) is 0 Å². The van der Waals surface area contributed by atoms with E-state index in [1.807, 2.05) is 106 Å². The highest BCUT2D eigenvalue weighted by atomic mass is 16.5. The number of nitrogens with one attached hydrogen (secondary N) is 3. The fourth-order valence-electron chi connectivity index (χ4n) is 15.2. The zero-order valence-electron chi connectivity index (χ0n) is 62.8. The molecule has 0 saturated heterocycles. The maximum atomic E-state index is 13.4. The number of ether oxygens (including phenoxy) is 3. The van der Waals surface area contributed by atoms with Gasteiger partial charge in [-0.05, 0) is 125 Å². The average molecular weight is 1490 g/mol. The molecule has 6 N–H and O–H groups in total. The van der Waals surface area contributed by atoms with Crippen molar-refractivity contribution in [1.29, 1.82) is 0 Å². The molecule has 2 amide bonds. The number of amides is 2. The Bertz CT molecular complexity index is 5770. The largest absolute Gasteiger partial charge is 0.477 e. The summed E-state index contributed by atoms with van der Waals surface area (Å²) in [5.74, 6) is 0.975. The number of rotatable bonds is 21. The number of nitrogens with two attached hydrogens (primary N) is 1. The third-order valence-corrected chi connectivity index (χ3v) is 22.3.